The van der Waals surface area contributed by atoms with E-state index in [0.29, 0.717) is 16.9 Å². The summed E-state index contributed by atoms with van der Waals surface area (Å²) < 4.78 is 13.6. The number of aliphatic hydroxyl groups is 1. The van der Waals surface area contributed by atoms with Gasteiger partial charge in [-0.3, -0.25) is 4.79 Å². The lowest BCUT2D eigenvalue weighted by Crippen LogP contribution is -2.30. The van der Waals surface area contributed by atoms with Crippen molar-refractivity contribution in [3.63, 3.8) is 0 Å². The van der Waals surface area contributed by atoms with Crippen molar-refractivity contribution < 1.29 is 14.3 Å². The van der Waals surface area contributed by atoms with Crippen LogP contribution in [-0.2, 0) is 5.75 Å². The van der Waals surface area contributed by atoms with Crippen LogP contribution in [0, 0.1) is 5.82 Å². The maximum Gasteiger partial charge on any atom is 0.251 e. The molecule has 0 bridgehead atoms. The Morgan fingerprint density at radius 3 is 2.64 bits per heavy atom. The Labute approximate surface area is 133 Å². The molecule has 5 heteroatoms. The number of halogens is 1. The van der Waals surface area contributed by atoms with Crippen molar-refractivity contribution >= 4 is 17.7 Å². The first-order valence-electron chi connectivity index (χ1n) is 6.89. The Kier molecular flexibility index (Phi) is 5.98. The molecule has 0 aliphatic rings. The molecule has 1 atom stereocenters. The fourth-order valence-corrected chi connectivity index (χ4v) is 2.68. The third-order valence-corrected chi connectivity index (χ3v) is 3.90. The number of carbonyl (C=O) groups excluding carboxylic acids is 1. The van der Waals surface area contributed by atoms with Crippen LogP contribution in [0.5, 0.6) is 0 Å². The maximum atomic E-state index is 13.6. The van der Waals surface area contributed by atoms with E-state index in [1.807, 2.05) is 36.6 Å². The average molecular weight is 319 g/mol. The Morgan fingerprint density at radius 2 is 2.00 bits per heavy atom. The van der Waals surface area contributed by atoms with Crippen LogP contribution in [0.25, 0.3) is 0 Å². The van der Waals surface area contributed by atoms with E-state index in [2.05, 4.69) is 5.32 Å². The lowest BCUT2D eigenvalue weighted by molar-refractivity contribution is 0.0916. The predicted octanol–water partition coefficient (Wildman–Crippen LogP) is 3.15. The molecule has 1 unspecified atom stereocenters. The number of amides is 1. The smallest absolute Gasteiger partial charge is 0.251 e. The van der Waals surface area contributed by atoms with Crippen molar-refractivity contribution in [1.29, 1.82) is 0 Å². The molecule has 0 saturated carbocycles. The van der Waals surface area contributed by atoms with Gasteiger partial charge in [-0.1, -0.05) is 30.3 Å². The number of hydrogen-bond acceptors (Lipinski definition) is 3. The van der Waals surface area contributed by atoms with Crippen LogP contribution in [0.4, 0.5) is 4.39 Å². The van der Waals surface area contributed by atoms with Gasteiger partial charge >= 0.3 is 0 Å². The van der Waals surface area contributed by atoms with Gasteiger partial charge in [0.2, 0.25) is 0 Å². The number of rotatable bonds is 6. The Hall–Kier alpha value is -1.85. The molecule has 0 spiro atoms. The van der Waals surface area contributed by atoms with Crippen LogP contribution in [0.3, 0.4) is 0 Å². The highest BCUT2D eigenvalue weighted by Crippen LogP contribution is 2.17. The summed E-state index contributed by atoms with van der Waals surface area (Å²) in [6.07, 6.45) is 1.88. The van der Waals surface area contributed by atoms with Crippen LogP contribution in [0.15, 0.2) is 48.5 Å². The number of aliphatic hydroxyl groups excluding tert-OH is 1. The first-order chi connectivity index (χ1) is 10.7. The molecule has 0 aliphatic heterocycles. The highest BCUT2D eigenvalue weighted by atomic mass is 32.2. The number of hydrogen-bond donors (Lipinski definition) is 2. The minimum atomic E-state index is -0.484. The second-order valence-electron chi connectivity index (χ2n) is 4.86. The van der Waals surface area contributed by atoms with Gasteiger partial charge in [-0.2, -0.15) is 11.8 Å². The molecule has 0 aliphatic carbocycles. The van der Waals surface area contributed by atoms with E-state index in [1.54, 1.807) is 6.07 Å². The molecule has 0 radical (unpaired) electrons. The topological polar surface area (TPSA) is 49.3 Å². The third-order valence-electron chi connectivity index (χ3n) is 3.30. The molecule has 1 amide bonds. The van der Waals surface area contributed by atoms with Crippen molar-refractivity contribution in [2.45, 2.75) is 11.8 Å². The highest BCUT2D eigenvalue weighted by molar-refractivity contribution is 7.97. The van der Waals surface area contributed by atoms with Crippen LogP contribution in [-0.4, -0.2) is 23.9 Å². The van der Waals surface area contributed by atoms with E-state index in [1.165, 1.54) is 23.9 Å². The molecule has 22 heavy (non-hydrogen) atoms. The fourth-order valence-electron chi connectivity index (χ4n) is 2.14. The maximum absolute atomic E-state index is 13.6. The van der Waals surface area contributed by atoms with Crippen LogP contribution in [0.1, 0.15) is 27.5 Å². The van der Waals surface area contributed by atoms with Gasteiger partial charge < -0.3 is 10.4 Å². The SMILES string of the molecule is CSCc1cc(C(=O)NC(CO)c2ccccc2)ccc1F. The molecule has 2 rings (SSSR count). The largest absolute Gasteiger partial charge is 0.394 e. The molecule has 2 aromatic carbocycles. The quantitative estimate of drug-likeness (QED) is 0.860. The molecular formula is C17H18FNO2S. The number of thioether (sulfide) groups is 1. The Bertz CT molecular complexity index is 634. The predicted molar refractivity (Wildman–Crippen MR) is 87.4 cm³/mol. The Morgan fingerprint density at radius 1 is 1.27 bits per heavy atom. The molecule has 0 saturated heterocycles. The standard InChI is InChI=1S/C17H18FNO2S/c1-22-11-14-9-13(7-8-15(14)18)17(21)19-16(10-20)12-5-3-2-4-6-12/h2-9,16,20H,10-11H2,1H3,(H,19,21). The van der Waals surface area contributed by atoms with Crippen LogP contribution < -0.4 is 5.32 Å². The zero-order chi connectivity index (χ0) is 15.9. The van der Waals surface area contributed by atoms with Crippen molar-refractivity contribution in [2.24, 2.45) is 0 Å². The van der Waals surface area contributed by atoms with E-state index < -0.39 is 6.04 Å². The van der Waals surface area contributed by atoms with Gasteiger partial charge in [0.15, 0.2) is 0 Å². The van der Waals surface area contributed by atoms with Crippen molar-refractivity contribution in [1.82, 2.24) is 5.32 Å². The second kappa shape index (κ2) is 7.96. The summed E-state index contributed by atoms with van der Waals surface area (Å²) >= 11 is 1.49. The van der Waals surface area contributed by atoms with Gasteiger partial charge in [0.05, 0.1) is 12.6 Å². The second-order valence-corrected chi connectivity index (χ2v) is 5.72. The van der Waals surface area contributed by atoms with E-state index >= 15 is 0 Å². The third kappa shape index (κ3) is 4.08. The minimum absolute atomic E-state index is 0.200. The summed E-state index contributed by atoms with van der Waals surface area (Å²) in [6.45, 7) is -0.200. The molecule has 2 aromatic rings. The normalized spacial score (nSPS) is 12.0. The van der Waals surface area contributed by atoms with E-state index in [-0.39, 0.29) is 18.3 Å². The van der Waals surface area contributed by atoms with E-state index in [0.717, 1.165) is 5.56 Å². The van der Waals surface area contributed by atoms with E-state index in [4.69, 9.17) is 0 Å². The first-order valence-corrected chi connectivity index (χ1v) is 8.29. The zero-order valence-electron chi connectivity index (χ0n) is 12.3. The molecule has 0 fully saturated rings. The summed E-state index contributed by atoms with van der Waals surface area (Å²) in [6, 6.07) is 13.1. The summed E-state index contributed by atoms with van der Waals surface area (Å²) in [7, 11) is 0. The number of carbonyl (C=O) groups is 1. The Balaban J connectivity index is 2.16. The van der Waals surface area contributed by atoms with Crippen LogP contribution >= 0.6 is 11.8 Å². The van der Waals surface area contributed by atoms with Gasteiger partial charge in [0.1, 0.15) is 5.82 Å². The van der Waals surface area contributed by atoms with Gasteiger partial charge in [-0.15, -0.1) is 0 Å². The monoisotopic (exact) mass is 319 g/mol. The average Bonchev–Trinajstić information content (AvgIpc) is 2.55. The van der Waals surface area contributed by atoms with E-state index in [9.17, 15) is 14.3 Å². The molecule has 0 aromatic heterocycles. The summed E-state index contributed by atoms with van der Waals surface area (Å²) in [5.74, 6) is -0.132. The minimum Gasteiger partial charge on any atom is -0.394 e. The molecule has 3 nitrogen and oxygen atoms in total. The highest BCUT2D eigenvalue weighted by Gasteiger charge is 2.16. The zero-order valence-corrected chi connectivity index (χ0v) is 13.1. The van der Waals surface area contributed by atoms with Crippen molar-refractivity contribution in [3.8, 4) is 0 Å². The molecule has 2 N–H and O–H groups in total. The van der Waals surface area contributed by atoms with Crippen LogP contribution in [0.2, 0.25) is 0 Å². The lowest BCUT2D eigenvalue weighted by atomic mass is 10.1. The van der Waals surface area contributed by atoms with Gasteiger partial charge in [-0.25, -0.2) is 4.39 Å². The molecule has 116 valence electrons. The van der Waals surface area contributed by atoms with Crippen molar-refractivity contribution in [2.75, 3.05) is 12.9 Å². The summed E-state index contributed by atoms with van der Waals surface area (Å²) in [4.78, 5) is 12.3. The summed E-state index contributed by atoms with van der Waals surface area (Å²) in [5, 5.41) is 12.3. The molecular weight excluding hydrogens is 301 g/mol. The summed E-state index contributed by atoms with van der Waals surface area (Å²) in [5.41, 5.74) is 1.71. The van der Waals surface area contributed by atoms with Crippen molar-refractivity contribution in [3.05, 3.63) is 71.0 Å². The fraction of sp³-hybridized carbons (Fsp3) is 0.235. The van der Waals surface area contributed by atoms with Gasteiger partial charge in [0, 0.05) is 11.3 Å². The van der Waals surface area contributed by atoms with Gasteiger partial charge in [0.25, 0.3) is 5.91 Å². The number of benzene rings is 2. The lowest BCUT2D eigenvalue weighted by Gasteiger charge is -2.17. The first kappa shape index (κ1) is 16.5. The molecule has 0 heterocycles. The van der Waals surface area contributed by atoms with Gasteiger partial charge in [-0.05, 0) is 35.6 Å². The number of nitrogens with one attached hydrogen (secondary N) is 1.